The zero-order chi connectivity index (χ0) is 22.4. The first-order chi connectivity index (χ1) is 14.9. The molecule has 0 unspecified atom stereocenters. The Morgan fingerprint density at radius 1 is 1.10 bits per heavy atom. The van der Waals surface area contributed by atoms with E-state index in [0.29, 0.717) is 13.1 Å². The van der Waals surface area contributed by atoms with E-state index < -0.39 is 24.1 Å². The second-order valence-electron chi connectivity index (χ2n) is 6.70. The van der Waals surface area contributed by atoms with Crippen LogP contribution in [0.2, 0.25) is 0 Å². The molecule has 0 fully saturated rings. The Morgan fingerprint density at radius 3 is 2.48 bits per heavy atom. The topological polar surface area (TPSA) is 80.6 Å². The van der Waals surface area contributed by atoms with Crippen molar-refractivity contribution in [3.05, 3.63) is 97.9 Å². The molecule has 3 aromatic rings. The molecule has 2 aromatic carbocycles. The number of aromatic nitrogens is 1. The minimum atomic E-state index is -0.719. The molecule has 0 aliphatic heterocycles. The summed E-state index contributed by atoms with van der Waals surface area (Å²) in [6.07, 6.45) is 1.57. The number of aliphatic hydroxyl groups excluding tert-OH is 1. The van der Waals surface area contributed by atoms with E-state index in [1.807, 2.05) is 24.3 Å². The second-order valence-corrected chi connectivity index (χ2v) is 7.50. The molecule has 1 heterocycles. The number of ether oxygens (including phenoxy) is 1. The number of carbonyl (C=O) groups is 1. The van der Waals surface area contributed by atoms with E-state index in [4.69, 9.17) is 9.84 Å². The van der Waals surface area contributed by atoms with Crippen LogP contribution in [0.4, 0.5) is 8.78 Å². The third-order valence-electron chi connectivity index (χ3n) is 4.48. The molecule has 1 amide bonds. The van der Waals surface area contributed by atoms with Crippen molar-refractivity contribution in [1.29, 1.82) is 0 Å². The van der Waals surface area contributed by atoms with Crippen LogP contribution in [0.1, 0.15) is 16.7 Å². The Morgan fingerprint density at radius 2 is 1.81 bits per heavy atom. The van der Waals surface area contributed by atoms with Gasteiger partial charge in [0.15, 0.2) is 0 Å². The molecule has 0 bridgehead atoms. The fraction of sp³-hybridized carbons (Fsp3) is 0.182. The van der Waals surface area contributed by atoms with Crippen molar-refractivity contribution in [2.45, 2.75) is 19.7 Å². The Hall–Kier alpha value is -3.04. The summed E-state index contributed by atoms with van der Waals surface area (Å²) >= 11 is 3.23. The largest absolute Gasteiger partial charge is 0.487 e. The van der Waals surface area contributed by atoms with Gasteiger partial charge in [-0.15, -0.1) is 0 Å². The zero-order valence-electron chi connectivity index (χ0n) is 16.3. The molecular formula is C22H19BrF2N2O4. The molecule has 0 aliphatic rings. The molecule has 0 aliphatic carbocycles. The first-order valence-electron chi connectivity index (χ1n) is 9.28. The lowest BCUT2D eigenvalue weighted by Crippen LogP contribution is -2.25. The molecule has 9 heteroatoms. The number of carbonyl (C=O) groups excluding carboxylic acids is 1. The van der Waals surface area contributed by atoms with Gasteiger partial charge in [-0.05, 0) is 45.3 Å². The number of benzene rings is 2. The van der Waals surface area contributed by atoms with Crippen LogP contribution in [-0.2, 0) is 24.5 Å². The van der Waals surface area contributed by atoms with Gasteiger partial charge in [-0.2, -0.15) is 0 Å². The minimum absolute atomic E-state index is 0.150. The molecular weight excluding hydrogens is 474 g/mol. The number of rotatable bonds is 8. The van der Waals surface area contributed by atoms with Gasteiger partial charge >= 0.3 is 0 Å². The smallest absolute Gasteiger partial charge is 0.268 e. The molecule has 2 N–H and O–H groups in total. The highest BCUT2D eigenvalue weighted by Crippen LogP contribution is 2.22. The van der Waals surface area contributed by atoms with Crippen molar-refractivity contribution in [3.63, 3.8) is 0 Å². The number of hydrogen-bond donors (Lipinski definition) is 2. The lowest BCUT2D eigenvalue weighted by atomic mass is 10.1. The Bertz CT molecular complexity index is 1130. The van der Waals surface area contributed by atoms with Crippen LogP contribution >= 0.6 is 15.9 Å². The third kappa shape index (κ3) is 5.99. The SMILES string of the molecule is O=C(CO)NCc1ccc(Cn2ccc(OCc3ccc(F)cc3F)c(Br)c2=O)cc1. The van der Waals surface area contributed by atoms with Crippen molar-refractivity contribution in [2.75, 3.05) is 6.61 Å². The number of pyridine rings is 1. The van der Waals surface area contributed by atoms with Crippen LogP contribution in [0.3, 0.4) is 0 Å². The number of halogens is 3. The van der Waals surface area contributed by atoms with Gasteiger partial charge < -0.3 is 19.7 Å². The fourth-order valence-corrected chi connectivity index (χ4v) is 3.25. The van der Waals surface area contributed by atoms with Crippen molar-refractivity contribution >= 4 is 21.8 Å². The van der Waals surface area contributed by atoms with Crippen LogP contribution in [0.25, 0.3) is 0 Å². The summed E-state index contributed by atoms with van der Waals surface area (Å²) in [7, 11) is 0. The lowest BCUT2D eigenvalue weighted by molar-refractivity contribution is -0.123. The Kier molecular flexibility index (Phi) is 7.54. The van der Waals surface area contributed by atoms with E-state index in [0.717, 1.165) is 23.3 Å². The normalized spacial score (nSPS) is 10.7. The van der Waals surface area contributed by atoms with Gasteiger partial charge in [0, 0.05) is 24.4 Å². The van der Waals surface area contributed by atoms with Crippen molar-refractivity contribution < 1.29 is 23.4 Å². The van der Waals surface area contributed by atoms with Crippen LogP contribution in [-0.4, -0.2) is 22.2 Å². The van der Waals surface area contributed by atoms with Crippen molar-refractivity contribution in [3.8, 4) is 5.75 Å². The van der Waals surface area contributed by atoms with Crippen molar-refractivity contribution in [1.82, 2.24) is 9.88 Å². The van der Waals surface area contributed by atoms with Gasteiger partial charge in [-0.25, -0.2) is 8.78 Å². The minimum Gasteiger partial charge on any atom is -0.487 e. The number of nitrogens with one attached hydrogen (secondary N) is 1. The summed E-state index contributed by atoms with van der Waals surface area (Å²) in [6.45, 7) is -0.101. The van der Waals surface area contributed by atoms with E-state index in [-0.39, 0.29) is 28.0 Å². The molecule has 3 rings (SSSR count). The van der Waals surface area contributed by atoms with Gasteiger partial charge in [0.05, 0.1) is 6.54 Å². The molecule has 31 heavy (non-hydrogen) atoms. The third-order valence-corrected chi connectivity index (χ3v) is 5.21. The van der Waals surface area contributed by atoms with Gasteiger partial charge in [0.25, 0.3) is 5.56 Å². The monoisotopic (exact) mass is 492 g/mol. The Balaban J connectivity index is 1.66. The van der Waals surface area contributed by atoms with Crippen LogP contribution < -0.4 is 15.6 Å². The summed E-state index contributed by atoms with van der Waals surface area (Å²) in [6, 6.07) is 12.1. The number of aliphatic hydroxyl groups is 1. The summed E-state index contributed by atoms with van der Waals surface area (Å²) in [5.41, 5.74) is 1.58. The van der Waals surface area contributed by atoms with Crippen molar-refractivity contribution in [2.24, 2.45) is 0 Å². The maximum Gasteiger partial charge on any atom is 0.268 e. The highest BCUT2D eigenvalue weighted by atomic mass is 79.9. The predicted molar refractivity (Wildman–Crippen MR) is 114 cm³/mol. The molecule has 0 saturated heterocycles. The van der Waals surface area contributed by atoms with Crippen LogP contribution in [0, 0.1) is 11.6 Å². The highest BCUT2D eigenvalue weighted by Gasteiger charge is 2.11. The van der Waals surface area contributed by atoms with E-state index in [1.54, 1.807) is 12.3 Å². The number of nitrogens with zero attached hydrogens (tertiary/aromatic N) is 1. The van der Waals surface area contributed by atoms with E-state index in [9.17, 15) is 18.4 Å². The first kappa shape index (κ1) is 22.6. The number of hydrogen-bond acceptors (Lipinski definition) is 4. The molecule has 6 nitrogen and oxygen atoms in total. The quantitative estimate of drug-likeness (QED) is 0.506. The maximum absolute atomic E-state index is 13.7. The highest BCUT2D eigenvalue weighted by molar-refractivity contribution is 9.10. The standard InChI is InChI=1S/C22H19BrF2N2O4/c23-21-19(31-13-16-5-6-17(24)9-18(16)25)7-8-27(22(21)30)11-15-3-1-14(2-4-15)10-26-20(29)12-28/h1-9,28H,10-13H2,(H,26,29). The molecule has 0 atom stereocenters. The molecule has 162 valence electrons. The summed E-state index contributed by atoms with van der Waals surface area (Å²) < 4.78 is 34.0. The fourth-order valence-electron chi connectivity index (χ4n) is 2.78. The number of amides is 1. The lowest BCUT2D eigenvalue weighted by Gasteiger charge is -2.12. The predicted octanol–water partition coefficient (Wildman–Crippen LogP) is 3.12. The molecule has 0 spiro atoms. The van der Waals surface area contributed by atoms with E-state index in [1.165, 1.54) is 10.6 Å². The van der Waals surface area contributed by atoms with E-state index >= 15 is 0 Å². The van der Waals surface area contributed by atoms with Gasteiger partial charge in [-0.3, -0.25) is 9.59 Å². The second kappa shape index (κ2) is 10.3. The Labute approximate surface area is 185 Å². The summed E-state index contributed by atoms with van der Waals surface area (Å²) in [5, 5.41) is 11.3. The van der Waals surface area contributed by atoms with E-state index in [2.05, 4.69) is 21.2 Å². The molecule has 0 radical (unpaired) electrons. The average Bonchev–Trinajstić information content (AvgIpc) is 2.76. The van der Waals surface area contributed by atoms with Crippen LogP contribution in [0.15, 0.2) is 64.0 Å². The maximum atomic E-state index is 13.7. The zero-order valence-corrected chi connectivity index (χ0v) is 17.9. The first-order valence-corrected chi connectivity index (χ1v) is 10.1. The van der Waals surface area contributed by atoms with Gasteiger partial charge in [0.2, 0.25) is 5.91 Å². The molecule has 1 aromatic heterocycles. The molecule has 0 saturated carbocycles. The average molecular weight is 493 g/mol. The van der Waals surface area contributed by atoms with Gasteiger partial charge in [0.1, 0.15) is 35.1 Å². The summed E-state index contributed by atoms with van der Waals surface area (Å²) in [5.74, 6) is -1.60. The van der Waals surface area contributed by atoms with Crippen LogP contribution in [0.5, 0.6) is 5.75 Å². The summed E-state index contributed by atoms with van der Waals surface area (Å²) in [4.78, 5) is 23.7. The van der Waals surface area contributed by atoms with Gasteiger partial charge in [-0.1, -0.05) is 24.3 Å².